The number of hydrogen-bond donors (Lipinski definition) is 4. The van der Waals surface area contributed by atoms with E-state index in [1.165, 1.54) is 21.6 Å². The number of thioether (sulfide) groups is 1. The van der Waals surface area contributed by atoms with Crippen LogP contribution in [0.4, 0.5) is 0 Å². The van der Waals surface area contributed by atoms with Gasteiger partial charge in [-0.3, -0.25) is 14.4 Å². The number of carbonyl (C=O) groups excluding carboxylic acids is 3. The predicted molar refractivity (Wildman–Crippen MR) is 133 cm³/mol. The lowest BCUT2D eigenvalue weighted by atomic mass is 9.78. The fraction of sp³-hybridized carbons (Fsp3) is 0.652. The number of carboxylic acids is 1. The minimum absolute atomic E-state index is 0.00674. The highest BCUT2D eigenvalue weighted by atomic mass is 32.2. The zero-order valence-corrected chi connectivity index (χ0v) is 22.3. The molecule has 4 rings (SSSR count). The van der Waals surface area contributed by atoms with E-state index in [9.17, 15) is 24.3 Å². The molecule has 202 valence electrons. The minimum atomic E-state index is -1.15. The van der Waals surface area contributed by atoms with E-state index in [0.29, 0.717) is 30.3 Å². The molecule has 1 aromatic rings. The zero-order chi connectivity index (χ0) is 27.0. The van der Waals surface area contributed by atoms with Gasteiger partial charge in [0.05, 0.1) is 24.5 Å². The van der Waals surface area contributed by atoms with E-state index in [0.717, 1.165) is 0 Å². The first-order valence-electron chi connectivity index (χ1n) is 12.2. The lowest BCUT2D eigenvalue weighted by molar-refractivity contribution is -0.158. The largest absolute Gasteiger partial charge is 0.477 e. The molecule has 4 heterocycles. The average molecular weight is 536 g/mol. The topological polar surface area (TPSA) is 170 Å². The van der Waals surface area contributed by atoms with Crippen LogP contribution in [0.2, 0.25) is 0 Å². The summed E-state index contributed by atoms with van der Waals surface area (Å²) in [5.74, 6) is -2.08. The van der Waals surface area contributed by atoms with Gasteiger partial charge in [-0.15, -0.1) is 22.0 Å². The number of hydrogen-bond acceptors (Lipinski definition) is 10. The Morgan fingerprint density at radius 1 is 1.30 bits per heavy atom. The number of nitrogens with zero attached hydrogens (tertiary/aromatic N) is 4. The van der Waals surface area contributed by atoms with Crippen molar-refractivity contribution in [1.29, 1.82) is 0 Å². The molecule has 0 spiro atoms. The van der Waals surface area contributed by atoms with Crippen LogP contribution in [0.5, 0.6) is 0 Å². The summed E-state index contributed by atoms with van der Waals surface area (Å²) in [7, 11) is 5.14. The molecule has 0 radical (unpaired) electrons. The molecule has 0 aromatic carbocycles. The van der Waals surface area contributed by atoms with E-state index in [4.69, 9.17) is 4.42 Å². The maximum atomic E-state index is 13.1. The molecule has 4 N–H and O–H groups in total. The van der Waals surface area contributed by atoms with Crippen LogP contribution in [-0.2, 0) is 32.1 Å². The first kappa shape index (κ1) is 27.1. The smallest absolute Gasteiger partial charge is 0.353 e. The predicted octanol–water partition coefficient (Wildman–Crippen LogP) is -0.839. The van der Waals surface area contributed by atoms with Gasteiger partial charge in [0, 0.05) is 42.8 Å². The van der Waals surface area contributed by atoms with Crippen molar-refractivity contribution in [2.24, 2.45) is 11.8 Å². The second kappa shape index (κ2) is 10.8. The summed E-state index contributed by atoms with van der Waals surface area (Å²) in [6.07, 6.45) is 0.456. The highest BCUT2D eigenvalue weighted by Gasteiger charge is 2.60. The SMILES string of the molecule is CNCc1nnc(CC(=O)N[C@H](C)[C@H]2C(=O)N3C(C(=O)O)=C(S[C@@H]4CN[C@H](C(=O)N(C)C)C4)[C@H](C)[C@H]23)o1. The molecule has 1 aromatic heterocycles. The Hall–Kier alpha value is -2.97. The maximum Gasteiger partial charge on any atom is 0.353 e. The molecule has 3 aliphatic heterocycles. The van der Waals surface area contributed by atoms with Gasteiger partial charge >= 0.3 is 5.97 Å². The number of amides is 3. The van der Waals surface area contributed by atoms with Crippen LogP contribution in [0.3, 0.4) is 0 Å². The quantitative estimate of drug-likeness (QED) is 0.276. The molecule has 0 bridgehead atoms. The number of β-lactam (4-membered cyclic amide) rings is 1. The van der Waals surface area contributed by atoms with Crippen LogP contribution in [0.1, 0.15) is 32.0 Å². The molecule has 2 fully saturated rings. The van der Waals surface area contributed by atoms with Gasteiger partial charge in [0.15, 0.2) is 0 Å². The molecular weight excluding hydrogens is 502 g/mol. The Labute approximate surface area is 218 Å². The van der Waals surface area contributed by atoms with Crippen LogP contribution in [0.25, 0.3) is 0 Å². The molecule has 14 heteroatoms. The van der Waals surface area contributed by atoms with Crippen molar-refractivity contribution in [3.63, 3.8) is 0 Å². The van der Waals surface area contributed by atoms with Crippen LogP contribution >= 0.6 is 11.8 Å². The van der Waals surface area contributed by atoms with E-state index in [1.807, 2.05) is 6.92 Å². The van der Waals surface area contributed by atoms with Crippen molar-refractivity contribution < 1.29 is 28.7 Å². The lowest BCUT2D eigenvalue weighted by Gasteiger charge is -2.47. The van der Waals surface area contributed by atoms with Gasteiger partial charge in [-0.1, -0.05) is 6.92 Å². The number of nitrogens with one attached hydrogen (secondary N) is 3. The molecule has 0 saturated carbocycles. The van der Waals surface area contributed by atoms with E-state index >= 15 is 0 Å². The summed E-state index contributed by atoms with van der Waals surface area (Å²) in [4.78, 5) is 53.8. The number of aromatic nitrogens is 2. The molecule has 0 aliphatic carbocycles. The number of aliphatic carboxylic acids is 1. The summed E-state index contributed by atoms with van der Waals surface area (Å²) in [6.45, 7) is 4.61. The number of carbonyl (C=O) groups is 4. The van der Waals surface area contributed by atoms with E-state index in [2.05, 4.69) is 26.1 Å². The highest BCUT2D eigenvalue weighted by molar-refractivity contribution is 8.03. The van der Waals surface area contributed by atoms with Gasteiger partial charge in [0.1, 0.15) is 12.1 Å². The number of rotatable bonds is 10. The molecule has 3 aliphatic rings. The second-order valence-corrected chi connectivity index (χ2v) is 11.2. The highest BCUT2D eigenvalue weighted by Crippen LogP contribution is 2.51. The maximum absolute atomic E-state index is 13.1. The van der Waals surface area contributed by atoms with Crippen molar-refractivity contribution >= 4 is 35.5 Å². The fourth-order valence-corrected chi connectivity index (χ4v) is 6.76. The van der Waals surface area contributed by atoms with Crippen molar-refractivity contribution in [3.05, 3.63) is 22.4 Å². The molecule has 13 nitrogen and oxygen atoms in total. The van der Waals surface area contributed by atoms with Gasteiger partial charge < -0.3 is 35.3 Å². The van der Waals surface area contributed by atoms with Crippen molar-refractivity contribution in [3.8, 4) is 0 Å². The van der Waals surface area contributed by atoms with Gasteiger partial charge in [0.2, 0.25) is 29.5 Å². The normalized spacial score (nSPS) is 27.6. The third-order valence-electron chi connectivity index (χ3n) is 6.99. The van der Waals surface area contributed by atoms with Crippen LogP contribution in [0, 0.1) is 11.8 Å². The Morgan fingerprint density at radius 2 is 2.00 bits per heavy atom. The summed E-state index contributed by atoms with van der Waals surface area (Å²) in [6, 6.07) is -1.19. The Balaban J connectivity index is 1.41. The summed E-state index contributed by atoms with van der Waals surface area (Å²) in [5.41, 5.74) is 0.00702. The van der Waals surface area contributed by atoms with Gasteiger partial charge in [-0.2, -0.15) is 0 Å². The second-order valence-electron chi connectivity index (χ2n) is 9.85. The number of fused-ring (bicyclic) bond motifs is 1. The third-order valence-corrected chi connectivity index (χ3v) is 8.50. The van der Waals surface area contributed by atoms with E-state index in [-0.39, 0.29) is 59.0 Å². The monoisotopic (exact) mass is 535 g/mol. The molecule has 3 amide bonds. The van der Waals surface area contributed by atoms with Crippen molar-refractivity contribution in [2.45, 2.75) is 56.6 Å². The number of carboxylic acid groups (broad SMARTS) is 1. The van der Waals surface area contributed by atoms with Gasteiger partial charge in [-0.05, 0) is 20.4 Å². The zero-order valence-electron chi connectivity index (χ0n) is 21.5. The standard InChI is InChI=1S/C23H33N7O6S/c1-10-18-17(11(2)26-14(31)7-15-27-28-16(36-15)9-24-3)22(33)30(18)19(23(34)35)20(10)37-12-6-13(25-8-12)21(32)29(4)5/h10-13,17-18,24-25H,6-9H2,1-5H3,(H,26,31)(H,34,35)/t10-,11-,12+,13+,17-,18-/m1/s1. The first-order chi connectivity index (χ1) is 17.5. The van der Waals surface area contributed by atoms with Gasteiger partial charge in [0.25, 0.3) is 0 Å². The van der Waals surface area contributed by atoms with E-state index < -0.39 is 17.9 Å². The third kappa shape index (κ3) is 5.22. The number of likely N-dealkylation sites (N-methyl/N-ethyl adjacent to an activating group) is 1. The van der Waals surface area contributed by atoms with Crippen molar-refractivity contribution in [1.82, 2.24) is 35.9 Å². The Morgan fingerprint density at radius 3 is 2.65 bits per heavy atom. The van der Waals surface area contributed by atoms with Crippen LogP contribution in [0.15, 0.2) is 15.0 Å². The Bertz CT molecular complexity index is 1120. The summed E-state index contributed by atoms with van der Waals surface area (Å²) >= 11 is 1.43. The van der Waals surface area contributed by atoms with Gasteiger partial charge in [-0.25, -0.2) is 4.79 Å². The first-order valence-corrected chi connectivity index (χ1v) is 13.1. The van der Waals surface area contributed by atoms with Crippen LogP contribution in [-0.4, -0.2) is 99.9 Å². The van der Waals surface area contributed by atoms with Crippen molar-refractivity contribution in [2.75, 3.05) is 27.7 Å². The molecule has 37 heavy (non-hydrogen) atoms. The Kier molecular flexibility index (Phi) is 7.90. The summed E-state index contributed by atoms with van der Waals surface area (Å²) in [5, 5.41) is 26.6. The minimum Gasteiger partial charge on any atom is -0.477 e. The average Bonchev–Trinajstić information content (AvgIpc) is 3.52. The van der Waals surface area contributed by atoms with E-state index in [1.54, 1.807) is 28.1 Å². The molecule has 2 saturated heterocycles. The molecule has 0 unspecified atom stereocenters. The molecular formula is C23H33N7O6S. The van der Waals surface area contributed by atoms with Crippen LogP contribution < -0.4 is 16.0 Å². The lowest BCUT2D eigenvalue weighted by Crippen LogP contribution is -2.66. The summed E-state index contributed by atoms with van der Waals surface area (Å²) < 4.78 is 5.41. The fourth-order valence-electron chi connectivity index (χ4n) is 5.28. The molecule has 6 atom stereocenters.